The van der Waals surface area contributed by atoms with Crippen molar-refractivity contribution in [3.05, 3.63) is 115 Å². The summed E-state index contributed by atoms with van der Waals surface area (Å²) in [5.41, 5.74) is 3.11. The number of benzene rings is 4. The topological polar surface area (TPSA) is 149 Å². The smallest absolute Gasteiger partial charge is 0.333 e. The average molecular weight is 818 g/mol. The van der Waals surface area contributed by atoms with E-state index in [0.29, 0.717) is 16.9 Å². The Morgan fingerprint density at radius 1 is 0.593 bits per heavy atom. The fraction of sp³-hybridized carbons (Fsp3) is 0.256. The molecule has 4 aromatic rings. The Hall–Kier alpha value is -4.81. The lowest BCUT2D eigenvalue weighted by atomic mass is 10.1. The maximum absolute atomic E-state index is 12.8. The Kier molecular flexibility index (Phi) is 15.1. The summed E-state index contributed by atoms with van der Waals surface area (Å²) >= 11 is 25.6. The lowest BCUT2D eigenvalue weighted by Crippen LogP contribution is -2.32. The first-order valence-electron chi connectivity index (χ1n) is 16.6. The van der Waals surface area contributed by atoms with Crippen molar-refractivity contribution in [2.45, 2.75) is 47.3 Å². The second-order valence-electron chi connectivity index (χ2n) is 12.6. The van der Waals surface area contributed by atoms with E-state index in [2.05, 4.69) is 16.0 Å². The molecule has 0 fully saturated rings. The lowest BCUT2D eigenvalue weighted by Gasteiger charge is -2.13. The second-order valence-corrected chi connectivity index (χ2v) is 14.3. The highest BCUT2D eigenvalue weighted by Crippen LogP contribution is 2.36. The van der Waals surface area contributed by atoms with Crippen LogP contribution in [0.4, 0.5) is 11.4 Å². The minimum atomic E-state index is -1.01. The van der Waals surface area contributed by atoms with E-state index >= 15 is 0 Å². The molecule has 15 heteroatoms. The maximum Gasteiger partial charge on any atom is 0.333 e. The minimum absolute atomic E-state index is 0.0343. The molecule has 0 bridgehead atoms. The van der Waals surface area contributed by atoms with Crippen molar-refractivity contribution < 1.29 is 38.2 Å². The summed E-state index contributed by atoms with van der Waals surface area (Å²) < 4.78 is 16.5. The zero-order chi connectivity index (χ0) is 39.5. The van der Waals surface area contributed by atoms with Crippen molar-refractivity contribution in [1.82, 2.24) is 5.32 Å². The standard InChI is InChI=1S/C39H37Cl4N3O8/c1-21(2)37(49)45-27-9-5-7-23(11-27)19-52-35-29(40)13-25(14-30(35)41)15-33(47)54-34(48)18-44-39(51)26-16-31(42)36(32(43)17-26)53-20-24-8-6-10-28(12-24)46-38(50)22(3)4/h5-14,16-17,21-22H,15,18-20H2,1-4H3,(H,44,51)(H,45,49)(H,46,50). The Morgan fingerprint density at radius 2 is 1.04 bits per heavy atom. The number of hydrogen-bond acceptors (Lipinski definition) is 8. The Balaban J connectivity index is 1.26. The molecule has 0 spiro atoms. The highest BCUT2D eigenvalue weighted by atomic mass is 35.5. The molecule has 0 atom stereocenters. The number of carbonyl (C=O) groups excluding carboxylic acids is 5. The highest BCUT2D eigenvalue weighted by molar-refractivity contribution is 6.38. The van der Waals surface area contributed by atoms with Gasteiger partial charge in [0.2, 0.25) is 11.8 Å². The monoisotopic (exact) mass is 815 g/mol. The number of esters is 2. The van der Waals surface area contributed by atoms with Crippen LogP contribution in [-0.4, -0.2) is 36.2 Å². The van der Waals surface area contributed by atoms with Gasteiger partial charge >= 0.3 is 11.9 Å². The predicted octanol–water partition coefficient (Wildman–Crippen LogP) is 8.69. The van der Waals surface area contributed by atoms with Gasteiger partial charge in [-0.05, 0) is 65.2 Å². The third-order valence-corrected chi connectivity index (χ3v) is 8.62. The van der Waals surface area contributed by atoms with E-state index in [9.17, 15) is 24.0 Å². The molecular weight excluding hydrogens is 780 g/mol. The number of nitrogens with one attached hydrogen (secondary N) is 3. The fourth-order valence-electron chi connectivity index (χ4n) is 4.66. The third kappa shape index (κ3) is 12.4. The lowest BCUT2D eigenvalue weighted by molar-refractivity contribution is -0.158. The summed E-state index contributed by atoms with van der Waals surface area (Å²) in [5.74, 6) is -2.90. The maximum atomic E-state index is 12.8. The number of carbonyl (C=O) groups is 5. The van der Waals surface area contributed by atoms with Crippen LogP contribution >= 0.6 is 46.4 Å². The molecule has 0 aliphatic heterocycles. The fourth-order valence-corrected chi connectivity index (χ4v) is 5.90. The largest absolute Gasteiger partial charge is 0.486 e. The van der Waals surface area contributed by atoms with Crippen LogP contribution < -0.4 is 25.4 Å². The number of ether oxygens (including phenoxy) is 3. The van der Waals surface area contributed by atoms with E-state index < -0.39 is 24.4 Å². The summed E-state index contributed by atoms with van der Waals surface area (Å²) in [5, 5.41) is 8.36. The first kappa shape index (κ1) is 41.9. The summed E-state index contributed by atoms with van der Waals surface area (Å²) in [6.07, 6.45) is -0.347. The molecule has 0 aliphatic carbocycles. The van der Waals surface area contributed by atoms with Crippen LogP contribution in [0.15, 0.2) is 72.8 Å². The second kappa shape index (κ2) is 19.5. The molecule has 0 unspecified atom stereocenters. The van der Waals surface area contributed by atoms with E-state index in [1.54, 1.807) is 70.2 Å². The molecule has 0 aromatic heterocycles. The first-order chi connectivity index (χ1) is 25.6. The molecule has 4 rings (SSSR count). The van der Waals surface area contributed by atoms with Crippen molar-refractivity contribution in [3.63, 3.8) is 0 Å². The molecule has 284 valence electrons. The molecule has 0 saturated heterocycles. The van der Waals surface area contributed by atoms with Gasteiger partial charge in [0.1, 0.15) is 19.8 Å². The third-order valence-electron chi connectivity index (χ3n) is 7.49. The van der Waals surface area contributed by atoms with Gasteiger partial charge in [-0.25, -0.2) is 4.79 Å². The van der Waals surface area contributed by atoms with Gasteiger partial charge in [0.15, 0.2) is 11.5 Å². The quantitative estimate of drug-likeness (QED) is 0.0798. The molecule has 54 heavy (non-hydrogen) atoms. The molecular formula is C39H37Cl4N3O8. The van der Waals surface area contributed by atoms with Gasteiger partial charge in [-0.2, -0.15) is 0 Å². The van der Waals surface area contributed by atoms with Crippen LogP contribution in [0, 0.1) is 11.8 Å². The number of anilines is 2. The number of rotatable bonds is 15. The Bertz CT molecular complexity index is 2010. The van der Waals surface area contributed by atoms with Crippen LogP contribution in [0.2, 0.25) is 20.1 Å². The predicted molar refractivity (Wildman–Crippen MR) is 209 cm³/mol. The van der Waals surface area contributed by atoms with Gasteiger partial charge in [-0.15, -0.1) is 0 Å². The van der Waals surface area contributed by atoms with Crippen molar-refractivity contribution in [3.8, 4) is 11.5 Å². The zero-order valence-electron chi connectivity index (χ0n) is 29.7. The molecule has 0 aliphatic rings. The van der Waals surface area contributed by atoms with Gasteiger partial charge in [-0.3, -0.25) is 19.2 Å². The van der Waals surface area contributed by atoms with E-state index in [0.717, 1.165) is 11.1 Å². The van der Waals surface area contributed by atoms with E-state index in [4.69, 9.17) is 60.6 Å². The summed E-state index contributed by atoms with van der Waals surface area (Å²) in [4.78, 5) is 61.7. The molecule has 3 amide bonds. The molecule has 0 saturated carbocycles. The SMILES string of the molecule is CC(C)C(=O)Nc1cccc(COc2c(Cl)cc(CC(=O)OC(=O)CNC(=O)c3cc(Cl)c(OCc4cccc(NC(=O)C(C)C)c4)c(Cl)c3)cc2Cl)c1. The van der Waals surface area contributed by atoms with E-state index in [1.165, 1.54) is 24.3 Å². The Labute approximate surface area is 332 Å². The first-order valence-corrected chi connectivity index (χ1v) is 18.1. The van der Waals surface area contributed by atoms with E-state index in [1.807, 2.05) is 6.07 Å². The minimum Gasteiger partial charge on any atom is -0.486 e. The summed E-state index contributed by atoms with van der Waals surface area (Å²) in [6.45, 7) is 6.71. The number of amides is 3. The van der Waals surface area contributed by atoms with Crippen LogP contribution in [0.25, 0.3) is 0 Å². The normalized spacial score (nSPS) is 10.9. The van der Waals surface area contributed by atoms with E-state index in [-0.39, 0.29) is 80.4 Å². The molecule has 11 nitrogen and oxygen atoms in total. The van der Waals surface area contributed by atoms with Gasteiger partial charge in [0.25, 0.3) is 5.91 Å². The average Bonchev–Trinajstić information content (AvgIpc) is 3.10. The van der Waals surface area contributed by atoms with Crippen molar-refractivity contribution in [2.75, 3.05) is 17.2 Å². The van der Waals surface area contributed by atoms with Gasteiger partial charge in [0, 0.05) is 28.8 Å². The van der Waals surface area contributed by atoms with Crippen LogP contribution in [0.5, 0.6) is 11.5 Å². The van der Waals surface area contributed by atoms with Crippen molar-refractivity contribution in [2.24, 2.45) is 11.8 Å². The summed E-state index contributed by atoms with van der Waals surface area (Å²) in [6, 6.07) is 19.8. The Morgan fingerprint density at radius 3 is 1.48 bits per heavy atom. The van der Waals surface area contributed by atoms with Crippen molar-refractivity contribution >= 4 is 87.4 Å². The molecule has 0 radical (unpaired) electrons. The molecule has 0 heterocycles. The number of halogens is 4. The van der Waals surface area contributed by atoms with Crippen LogP contribution in [0.3, 0.4) is 0 Å². The van der Waals surface area contributed by atoms with Gasteiger partial charge in [0.05, 0.1) is 26.5 Å². The van der Waals surface area contributed by atoms with Gasteiger partial charge < -0.3 is 30.2 Å². The van der Waals surface area contributed by atoms with Crippen molar-refractivity contribution in [1.29, 1.82) is 0 Å². The molecule has 3 N–H and O–H groups in total. The molecule has 4 aromatic carbocycles. The highest BCUT2D eigenvalue weighted by Gasteiger charge is 2.19. The zero-order valence-corrected chi connectivity index (χ0v) is 32.7. The van der Waals surface area contributed by atoms with Crippen LogP contribution in [-0.2, 0) is 43.5 Å². The number of hydrogen-bond donors (Lipinski definition) is 3. The summed E-state index contributed by atoms with van der Waals surface area (Å²) in [7, 11) is 0. The van der Waals surface area contributed by atoms with Gasteiger partial charge in [-0.1, -0.05) is 98.4 Å². The van der Waals surface area contributed by atoms with Crippen LogP contribution in [0.1, 0.15) is 54.7 Å².